The zero-order valence-corrected chi connectivity index (χ0v) is 20.7. The second-order valence-electron chi connectivity index (χ2n) is 8.21. The first-order valence-electron chi connectivity index (χ1n) is 11.0. The van der Waals surface area contributed by atoms with Gasteiger partial charge in [0, 0.05) is 42.1 Å². The van der Waals surface area contributed by atoms with Crippen molar-refractivity contribution in [2.24, 2.45) is 0 Å². The van der Waals surface area contributed by atoms with Crippen molar-refractivity contribution >= 4 is 35.2 Å². The summed E-state index contributed by atoms with van der Waals surface area (Å²) in [6.45, 7) is 2.44. The molecule has 0 bridgehead atoms. The summed E-state index contributed by atoms with van der Waals surface area (Å²) in [6.07, 6.45) is 0. The first-order chi connectivity index (χ1) is 17.6. The van der Waals surface area contributed by atoms with Gasteiger partial charge in [-0.05, 0) is 35.4 Å². The molecule has 0 spiro atoms. The van der Waals surface area contributed by atoms with Gasteiger partial charge in [0.25, 0.3) is 5.69 Å². The SMILES string of the molecule is COC(=O)[C@]1(c2ccc(Cl)cc2)N[C@H](c2ccc([N+](=O)[O-])cc2)c2c(OC(C)=O)ccc(OC(C)=O)c21. The topological polar surface area (TPSA) is 134 Å². The van der Waals surface area contributed by atoms with Gasteiger partial charge in [0.05, 0.1) is 18.1 Å². The van der Waals surface area contributed by atoms with E-state index in [-0.39, 0.29) is 22.7 Å². The predicted molar refractivity (Wildman–Crippen MR) is 131 cm³/mol. The van der Waals surface area contributed by atoms with Gasteiger partial charge in [0.1, 0.15) is 11.5 Å². The lowest BCUT2D eigenvalue weighted by molar-refractivity contribution is -0.384. The molecule has 0 unspecified atom stereocenters. The van der Waals surface area contributed by atoms with E-state index < -0.39 is 34.4 Å². The lowest BCUT2D eigenvalue weighted by atomic mass is 9.82. The Morgan fingerprint density at radius 1 is 0.919 bits per heavy atom. The van der Waals surface area contributed by atoms with Gasteiger partial charge in [-0.15, -0.1) is 0 Å². The molecule has 0 saturated heterocycles. The van der Waals surface area contributed by atoms with Crippen molar-refractivity contribution in [1.82, 2.24) is 5.32 Å². The zero-order valence-electron chi connectivity index (χ0n) is 19.9. The first-order valence-corrected chi connectivity index (χ1v) is 11.4. The lowest BCUT2D eigenvalue weighted by Gasteiger charge is -2.30. The molecule has 10 nitrogen and oxygen atoms in total. The van der Waals surface area contributed by atoms with E-state index in [9.17, 15) is 24.5 Å². The maximum absolute atomic E-state index is 13.6. The number of nitrogens with zero attached hydrogens (tertiary/aromatic N) is 1. The van der Waals surface area contributed by atoms with E-state index in [2.05, 4.69) is 5.32 Å². The molecule has 0 aromatic heterocycles. The number of nitro groups is 1. The summed E-state index contributed by atoms with van der Waals surface area (Å²) in [5, 5.41) is 14.9. The van der Waals surface area contributed by atoms with Crippen LogP contribution in [0.2, 0.25) is 5.02 Å². The number of nitrogens with one attached hydrogen (secondary N) is 1. The molecule has 4 rings (SSSR count). The number of hydrogen-bond donors (Lipinski definition) is 1. The molecule has 1 N–H and O–H groups in total. The molecule has 1 heterocycles. The zero-order chi connectivity index (χ0) is 26.9. The van der Waals surface area contributed by atoms with Gasteiger partial charge in [-0.1, -0.05) is 35.9 Å². The number of carbonyl (C=O) groups excluding carboxylic acids is 3. The molecule has 0 amide bonds. The quantitative estimate of drug-likeness (QED) is 0.218. The van der Waals surface area contributed by atoms with Crippen LogP contribution in [-0.2, 0) is 24.7 Å². The second kappa shape index (κ2) is 10.00. The number of methoxy groups -OCH3 is 1. The van der Waals surface area contributed by atoms with Gasteiger partial charge in [-0.25, -0.2) is 4.79 Å². The van der Waals surface area contributed by atoms with Crippen molar-refractivity contribution in [3.05, 3.63) is 98.1 Å². The van der Waals surface area contributed by atoms with Gasteiger partial charge in [-0.3, -0.25) is 25.0 Å². The summed E-state index contributed by atoms with van der Waals surface area (Å²) < 4.78 is 16.2. The van der Waals surface area contributed by atoms with Crippen LogP contribution in [0, 0.1) is 10.1 Å². The number of nitro benzene ring substituents is 1. The summed E-state index contributed by atoms with van der Waals surface area (Å²) in [7, 11) is 1.21. The number of esters is 3. The van der Waals surface area contributed by atoms with Gasteiger partial charge >= 0.3 is 17.9 Å². The highest BCUT2D eigenvalue weighted by atomic mass is 35.5. The molecule has 3 aromatic carbocycles. The molecule has 190 valence electrons. The Balaban J connectivity index is 2.09. The van der Waals surface area contributed by atoms with E-state index >= 15 is 0 Å². The second-order valence-corrected chi connectivity index (χ2v) is 8.65. The average molecular weight is 525 g/mol. The van der Waals surface area contributed by atoms with Crippen LogP contribution in [-0.4, -0.2) is 29.9 Å². The van der Waals surface area contributed by atoms with Crippen molar-refractivity contribution in [2.45, 2.75) is 25.4 Å². The van der Waals surface area contributed by atoms with Gasteiger partial charge in [0.2, 0.25) is 0 Å². The number of halogens is 1. The fourth-order valence-electron chi connectivity index (χ4n) is 4.50. The van der Waals surface area contributed by atoms with E-state index in [1.807, 2.05) is 0 Å². The van der Waals surface area contributed by atoms with Crippen molar-refractivity contribution < 1.29 is 33.5 Å². The Labute approximate surface area is 216 Å². The third kappa shape index (κ3) is 4.64. The fourth-order valence-corrected chi connectivity index (χ4v) is 4.62. The number of ether oxygens (including phenoxy) is 3. The maximum atomic E-state index is 13.6. The van der Waals surface area contributed by atoms with E-state index in [0.29, 0.717) is 21.7 Å². The number of rotatable bonds is 6. The molecule has 3 aromatic rings. The Hall–Kier alpha value is -4.28. The molecular formula is C26H21ClN2O8. The van der Waals surface area contributed by atoms with Crippen molar-refractivity contribution in [3.8, 4) is 11.5 Å². The number of hydrogen-bond acceptors (Lipinski definition) is 9. The minimum Gasteiger partial charge on any atom is -0.467 e. The van der Waals surface area contributed by atoms with Crippen molar-refractivity contribution in [1.29, 1.82) is 0 Å². The van der Waals surface area contributed by atoms with Crippen LogP contribution in [0.5, 0.6) is 11.5 Å². The number of benzene rings is 3. The Bertz CT molecular complexity index is 1410. The third-order valence-corrected chi connectivity index (χ3v) is 6.16. The molecule has 37 heavy (non-hydrogen) atoms. The molecule has 1 aliphatic heterocycles. The summed E-state index contributed by atoms with van der Waals surface area (Å²) in [5.74, 6) is -1.86. The normalized spacial score (nSPS) is 18.0. The minimum absolute atomic E-state index is 0.0377. The van der Waals surface area contributed by atoms with Crippen LogP contribution in [0.1, 0.15) is 42.1 Å². The van der Waals surface area contributed by atoms with Crippen molar-refractivity contribution in [2.75, 3.05) is 7.11 Å². The molecule has 1 aliphatic rings. The third-order valence-electron chi connectivity index (χ3n) is 5.91. The van der Waals surface area contributed by atoms with Crippen LogP contribution in [0.4, 0.5) is 5.69 Å². The smallest absolute Gasteiger partial charge is 0.335 e. The number of carbonyl (C=O) groups is 3. The Morgan fingerprint density at radius 3 is 2.03 bits per heavy atom. The summed E-state index contributed by atoms with van der Waals surface area (Å²) in [5.41, 5.74) is -0.431. The van der Waals surface area contributed by atoms with E-state index in [0.717, 1.165) is 0 Å². The molecular weight excluding hydrogens is 504 g/mol. The fraction of sp³-hybridized carbons (Fsp3) is 0.192. The summed E-state index contributed by atoms with van der Waals surface area (Å²) in [6, 6.07) is 14.1. The number of non-ortho nitro benzene ring substituents is 1. The monoisotopic (exact) mass is 524 g/mol. The molecule has 0 saturated carbocycles. The molecule has 0 aliphatic carbocycles. The standard InChI is InChI=1S/C26H21ClN2O8/c1-14(30)36-20-12-13-21(37-15(2)31)23-22(20)24(16-4-10-19(11-5-16)29(33)34)28-26(23,25(32)35-3)17-6-8-18(27)9-7-17/h4-13,24,28H,1-3H3/t24-,26-/m1/s1. The van der Waals surface area contributed by atoms with Crippen molar-refractivity contribution in [3.63, 3.8) is 0 Å². The molecule has 2 atom stereocenters. The van der Waals surface area contributed by atoms with Crippen LogP contribution in [0.15, 0.2) is 60.7 Å². The largest absolute Gasteiger partial charge is 0.467 e. The Morgan fingerprint density at radius 2 is 1.49 bits per heavy atom. The highest BCUT2D eigenvalue weighted by Crippen LogP contribution is 2.53. The number of fused-ring (bicyclic) bond motifs is 1. The van der Waals surface area contributed by atoms with Crippen LogP contribution >= 0.6 is 11.6 Å². The summed E-state index contributed by atoms with van der Waals surface area (Å²) in [4.78, 5) is 48.3. The lowest BCUT2D eigenvalue weighted by Crippen LogP contribution is -2.48. The highest BCUT2D eigenvalue weighted by molar-refractivity contribution is 6.30. The first kappa shape index (κ1) is 25.8. The predicted octanol–water partition coefficient (Wildman–Crippen LogP) is 4.21. The van der Waals surface area contributed by atoms with E-state index in [1.165, 1.54) is 57.4 Å². The summed E-state index contributed by atoms with van der Waals surface area (Å²) >= 11 is 6.11. The van der Waals surface area contributed by atoms with Gasteiger partial charge in [0.15, 0.2) is 5.54 Å². The average Bonchev–Trinajstić information content (AvgIpc) is 3.23. The van der Waals surface area contributed by atoms with Gasteiger partial charge < -0.3 is 14.2 Å². The van der Waals surface area contributed by atoms with Crippen LogP contribution in [0.3, 0.4) is 0 Å². The highest BCUT2D eigenvalue weighted by Gasteiger charge is 2.55. The minimum atomic E-state index is -1.73. The van der Waals surface area contributed by atoms with Crippen LogP contribution in [0.25, 0.3) is 0 Å². The molecule has 11 heteroatoms. The van der Waals surface area contributed by atoms with Gasteiger partial charge in [-0.2, -0.15) is 0 Å². The molecule has 0 radical (unpaired) electrons. The Kier molecular flexibility index (Phi) is 6.97. The van der Waals surface area contributed by atoms with Crippen LogP contribution < -0.4 is 14.8 Å². The van der Waals surface area contributed by atoms with E-state index in [1.54, 1.807) is 24.3 Å². The van der Waals surface area contributed by atoms with E-state index in [4.69, 9.17) is 25.8 Å². The maximum Gasteiger partial charge on any atom is 0.335 e. The molecule has 0 fully saturated rings.